The van der Waals surface area contributed by atoms with Gasteiger partial charge in [0.15, 0.2) is 0 Å². The molecule has 0 N–H and O–H groups in total. The first kappa shape index (κ1) is 18.3. The smallest absolute Gasteiger partial charge is 0.255 e. The Balaban J connectivity index is 1.46. The van der Waals surface area contributed by atoms with Crippen LogP contribution in [0.4, 0.5) is 0 Å². The summed E-state index contributed by atoms with van der Waals surface area (Å²) in [5, 5.41) is 8.91. The molecule has 7 heteroatoms. The molecule has 2 aliphatic heterocycles. The maximum Gasteiger partial charge on any atom is 0.255 e. The Hall–Kier alpha value is -3.79. The molecular formula is C23H19N5O2. The molecule has 7 nitrogen and oxygen atoms in total. The van der Waals surface area contributed by atoms with E-state index in [2.05, 4.69) is 16.0 Å². The lowest BCUT2D eigenvalue weighted by Crippen LogP contribution is -2.49. The van der Waals surface area contributed by atoms with E-state index in [1.165, 1.54) is 6.20 Å². The van der Waals surface area contributed by atoms with Crippen molar-refractivity contribution >= 4 is 5.91 Å². The van der Waals surface area contributed by atoms with Crippen molar-refractivity contribution < 1.29 is 4.79 Å². The van der Waals surface area contributed by atoms with Crippen molar-refractivity contribution in [3.8, 4) is 17.2 Å². The molecule has 2 atom stereocenters. The van der Waals surface area contributed by atoms with Gasteiger partial charge in [-0.3, -0.25) is 14.6 Å². The summed E-state index contributed by atoms with van der Waals surface area (Å²) >= 11 is 0. The average molecular weight is 397 g/mol. The number of fused-ring (bicyclic) bond motifs is 4. The molecule has 2 aliphatic rings. The summed E-state index contributed by atoms with van der Waals surface area (Å²) in [5.74, 6) is 0.270. The summed E-state index contributed by atoms with van der Waals surface area (Å²) in [6.07, 6.45) is 5.89. The van der Waals surface area contributed by atoms with E-state index in [-0.39, 0.29) is 23.3 Å². The number of rotatable bonds is 2. The number of hydrogen-bond donors (Lipinski definition) is 0. The van der Waals surface area contributed by atoms with Crippen LogP contribution in [0.15, 0.2) is 59.8 Å². The van der Waals surface area contributed by atoms with E-state index in [4.69, 9.17) is 5.26 Å². The number of likely N-dealkylation sites (tertiary alicyclic amines) is 1. The van der Waals surface area contributed by atoms with Crippen molar-refractivity contribution in [1.29, 1.82) is 5.26 Å². The first-order chi connectivity index (χ1) is 14.6. The molecule has 1 amide bonds. The first-order valence-corrected chi connectivity index (χ1v) is 9.93. The topological polar surface area (TPSA) is 91.9 Å². The molecule has 5 heterocycles. The maximum absolute atomic E-state index is 13.0. The standard InChI is InChI=1S/C23H19N5O2/c24-9-20-4-3-17(11-26-20)23(30)27-12-15-6-19(14-27)21-7-18(8-22(29)28(21)13-15)16-2-1-5-25-10-16/h1-5,7-8,10-11,15,19H,6,12-14H2/t15-,19+/m0/s1. The summed E-state index contributed by atoms with van der Waals surface area (Å²) in [4.78, 5) is 35.9. The average Bonchev–Trinajstić information content (AvgIpc) is 2.79. The molecule has 1 saturated heterocycles. The number of amides is 1. The molecule has 148 valence electrons. The maximum atomic E-state index is 13.0. The number of nitriles is 1. The van der Waals surface area contributed by atoms with Crippen LogP contribution in [0.3, 0.4) is 0 Å². The van der Waals surface area contributed by atoms with E-state index in [1.54, 1.807) is 30.6 Å². The molecule has 0 unspecified atom stereocenters. The van der Waals surface area contributed by atoms with Gasteiger partial charge in [-0.15, -0.1) is 0 Å². The number of nitrogens with zero attached hydrogens (tertiary/aromatic N) is 5. The second-order valence-electron chi connectivity index (χ2n) is 7.91. The van der Waals surface area contributed by atoms with Gasteiger partial charge in [-0.25, -0.2) is 4.98 Å². The fraction of sp³-hybridized carbons (Fsp3) is 0.261. The Kier molecular flexibility index (Phi) is 4.40. The summed E-state index contributed by atoms with van der Waals surface area (Å²) < 4.78 is 1.86. The summed E-state index contributed by atoms with van der Waals surface area (Å²) in [6.45, 7) is 1.80. The normalized spacial score (nSPS) is 19.6. The van der Waals surface area contributed by atoms with Gasteiger partial charge in [-0.1, -0.05) is 6.07 Å². The van der Waals surface area contributed by atoms with Crippen LogP contribution < -0.4 is 5.56 Å². The lowest BCUT2D eigenvalue weighted by Gasteiger charge is -2.43. The van der Waals surface area contributed by atoms with Crippen molar-refractivity contribution in [2.24, 2.45) is 5.92 Å². The van der Waals surface area contributed by atoms with Gasteiger partial charge in [-0.2, -0.15) is 5.26 Å². The molecular weight excluding hydrogens is 378 g/mol. The number of hydrogen-bond acceptors (Lipinski definition) is 5. The molecule has 3 aromatic heterocycles. The van der Waals surface area contributed by atoms with E-state index < -0.39 is 0 Å². The number of aromatic nitrogens is 3. The van der Waals surface area contributed by atoms with E-state index in [9.17, 15) is 9.59 Å². The van der Waals surface area contributed by atoms with Crippen molar-refractivity contribution in [1.82, 2.24) is 19.4 Å². The monoisotopic (exact) mass is 397 g/mol. The minimum Gasteiger partial charge on any atom is -0.338 e. The Morgan fingerprint density at radius 1 is 1.10 bits per heavy atom. The van der Waals surface area contributed by atoms with E-state index in [1.807, 2.05) is 27.7 Å². The zero-order valence-corrected chi connectivity index (χ0v) is 16.2. The first-order valence-electron chi connectivity index (χ1n) is 9.93. The third-order valence-corrected chi connectivity index (χ3v) is 5.96. The molecule has 3 aromatic rings. The minimum atomic E-state index is -0.0825. The van der Waals surface area contributed by atoms with Crippen molar-refractivity contribution in [3.05, 3.63) is 82.3 Å². The zero-order valence-electron chi connectivity index (χ0n) is 16.2. The molecule has 0 radical (unpaired) electrons. The lowest BCUT2D eigenvalue weighted by molar-refractivity contribution is 0.0594. The highest BCUT2D eigenvalue weighted by Crippen LogP contribution is 2.37. The molecule has 0 aliphatic carbocycles. The predicted molar refractivity (Wildman–Crippen MR) is 110 cm³/mol. The predicted octanol–water partition coefficient (Wildman–Crippen LogP) is 2.44. The molecule has 30 heavy (non-hydrogen) atoms. The molecule has 1 fully saturated rings. The Morgan fingerprint density at radius 3 is 2.73 bits per heavy atom. The van der Waals surface area contributed by atoms with E-state index >= 15 is 0 Å². The molecule has 2 bridgehead atoms. The van der Waals surface area contributed by atoms with Crippen molar-refractivity contribution in [2.75, 3.05) is 13.1 Å². The minimum absolute atomic E-state index is 0.00266. The Labute approximate surface area is 173 Å². The van der Waals surface area contributed by atoms with Gasteiger partial charge >= 0.3 is 0 Å². The van der Waals surface area contributed by atoms with Crippen molar-refractivity contribution in [3.63, 3.8) is 0 Å². The van der Waals surface area contributed by atoms with Crippen LogP contribution in [0.1, 0.15) is 34.1 Å². The highest BCUT2D eigenvalue weighted by molar-refractivity contribution is 5.94. The van der Waals surface area contributed by atoms with E-state index in [0.717, 1.165) is 23.2 Å². The summed E-state index contributed by atoms with van der Waals surface area (Å²) in [5.41, 5.74) is 3.52. The fourth-order valence-electron chi connectivity index (χ4n) is 4.59. The number of piperidine rings is 1. The van der Waals surface area contributed by atoms with Gasteiger partial charge in [0.05, 0.1) is 5.56 Å². The Bertz CT molecular complexity index is 1210. The van der Waals surface area contributed by atoms with Crippen LogP contribution >= 0.6 is 0 Å². The van der Waals surface area contributed by atoms with Crippen LogP contribution in [0, 0.1) is 17.2 Å². The highest BCUT2D eigenvalue weighted by atomic mass is 16.2. The Morgan fingerprint density at radius 2 is 2.00 bits per heavy atom. The highest BCUT2D eigenvalue weighted by Gasteiger charge is 2.37. The molecule has 0 aromatic carbocycles. The van der Waals surface area contributed by atoms with Gasteiger partial charge in [0, 0.05) is 61.5 Å². The SMILES string of the molecule is N#Cc1ccc(C(=O)N2C[C@@H]3C[C@H](C2)c2cc(-c4cccnc4)cc(=O)n2C3)cn1. The second kappa shape index (κ2) is 7.23. The van der Waals surface area contributed by atoms with Gasteiger partial charge in [0.2, 0.25) is 0 Å². The van der Waals surface area contributed by atoms with E-state index in [0.29, 0.717) is 30.9 Å². The quantitative estimate of drug-likeness (QED) is 0.662. The van der Waals surface area contributed by atoms with Gasteiger partial charge in [-0.05, 0) is 42.2 Å². The summed E-state index contributed by atoms with van der Waals surface area (Å²) in [7, 11) is 0. The molecule has 0 spiro atoms. The van der Waals surface area contributed by atoms with Crippen LogP contribution in [-0.2, 0) is 6.54 Å². The zero-order chi connectivity index (χ0) is 20.7. The van der Waals surface area contributed by atoms with Crippen molar-refractivity contribution in [2.45, 2.75) is 18.9 Å². The fourth-order valence-corrected chi connectivity index (χ4v) is 4.59. The van der Waals surface area contributed by atoms with Crippen LogP contribution in [0.5, 0.6) is 0 Å². The largest absolute Gasteiger partial charge is 0.338 e. The number of carbonyl (C=O) groups excluding carboxylic acids is 1. The van der Waals surface area contributed by atoms with Gasteiger partial charge in [0.1, 0.15) is 11.8 Å². The number of pyridine rings is 3. The van der Waals surface area contributed by atoms with Gasteiger partial charge < -0.3 is 9.47 Å². The summed E-state index contributed by atoms with van der Waals surface area (Å²) in [6, 6.07) is 12.7. The third kappa shape index (κ3) is 3.16. The van der Waals surface area contributed by atoms with Crippen LogP contribution in [0.2, 0.25) is 0 Å². The number of carbonyl (C=O) groups is 1. The van der Waals surface area contributed by atoms with Crippen LogP contribution in [0.25, 0.3) is 11.1 Å². The molecule has 5 rings (SSSR count). The second-order valence-corrected chi connectivity index (χ2v) is 7.91. The van der Waals surface area contributed by atoms with Gasteiger partial charge in [0.25, 0.3) is 11.5 Å². The third-order valence-electron chi connectivity index (χ3n) is 5.96. The molecule has 0 saturated carbocycles. The lowest BCUT2D eigenvalue weighted by atomic mass is 9.82. The van der Waals surface area contributed by atoms with Crippen LogP contribution in [-0.4, -0.2) is 38.4 Å².